The number of aliphatic carboxylic acids is 1. The van der Waals surface area contributed by atoms with Crippen LogP contribution in [-0.2, 0) is 11.2 Å². The van der Waals surface area contributed by atoms with E-state index in [0.717, 1.165) is 18.2 Å². The quantitative estimate of drug-likeness (QED) is 0.352. The summed E-state index contributed by atoms with van der Waals surface area (Å²) >= 11 is 0. The molecule has 0 aliphatic heterocycles. The van der Waals surface area contributed by atoms with Crippen molar-refractivity contribution in [3.8, 4) is 22.8 Å². The van der Waals surface area contributed by atoms with Gasteiger partial charge in [0, 0.05) is 31.2 Å². The first-order chi connectivity index (χ1) is 16.6. The van der Waals surface area contributed by atoms with Crippen LogP contribution in [-0.4, -0.2) is 36.5 Å². The Morgan fingerprint density at radius 3 is 2.18 bits per heavy atom. The topological polar surface area (TPSA) is 106 Å². The fourth-order valence-electron chi connectivity index (χ4n) is 3.29. The van der Waals surface area contributed by atoms with Crippen LogP contribution in [0.25, 0.3) is 22.3 Å². The molecule has 4 rings (SSSR count). The van der Waals surface area contributed by atoms with E-state index in [-0.39, 0.29) is 11.8 Å². The molecule has 0 aliphatic carbocycles. The maximum Gasteiger partial charge on any atom is 0.303 e. The summed E-state index contributed by atoms with van der Waals surface area (Å²) in [6.45, 7) is 0.648. The Balaban J connectivity index is 0.00000158. The van der Waals surface area contributed by atoms with Crippen LogP contribution in [0, 0.1) is 0 Å². The molecule has 0 unspecified atom stereocenters. The lowest BCUT2D eigenvalue weighted by atomic mass is 10.1. The Kier molecular flexibility index (Phi) is 8.82. The molecule has 0 aliphatic rings. The number of benzene rings is 3. The fourth-order valence-corrected chi connectivity index (χ4v) is 3.29. The van der Waals surface area contributed by atoms with Gasteiger partial charge in [0.25, 0.3) is 0 Å². The third-order valence-corrected chi connectivity index (χ3v) is 4.93. The summed E-state index contributed by atoms with van der Waals surface area (Å²) in [7, 11) is 1.00. The minimum absolute atomic E-state index is 0.104. The molecule has 0 saturated heterocycles. The summed E-state index contributed by atoms with van der Waals surface area (Å²) in [5.74, 6) is 0.963. The normalized spacial score (nSPS) is 10.3. The SMILES string of the molecule is CO.O=C(O)CCc1ccc(OCCOc2ccc3c(=O)cc(-c4ccccc4)oc3c2)cc1. The van der Waals surface area contributed by atoms with Gasteiger partial charge in [0.1, 0.15) is 36.1 Å². The van der Waals surface area contributed by atoms with Crippen molar-refractivity contribution in [3.05, 3.63) is 94.6 Å². The van der Waals surface area contributed by atoms with E-state index in [2.05, 4.69) is 0 Å². The highest BCUT2D eigenvalue weighted by Gasteiger charge is 2.08. The molecule has 0 atom stereocenters. The van der Waals surface area contributed by atoms with Crippen LogP contribution in [0.15, 0.2) is 88.1 Å². The number of hydrogen-bond acceptors (Lipinski definition) is 6. The molecule has 3 aromatic carbocycles. The zero-order valence-electron chi connectivity index (χ0n) is 18.8. The Labute approximate surface area is 196 Å². The summed E-state index contributed by atoms with van der Waals surface area (Å²) in [6, 6.07) is 23.4. The van der Waals surface area contributed by atoms with Crippen LogP contribution >= 0.6 is 0 Å². The van der Waals surface area contributed by atoms with E-state index in [1.54, 1.807) is 18.2 Å². The first-order valence-electron chi connectivity index (χ1n) is 10.7. The van der Waals surface area contributed by atoms with E-state index in [1.165, 1.54) is 6.07 Å². The molecule has 2 N–H and O–H groups in total. The first-order valence-corrected chi connectivity index (χ1v) is 10.7. The summed E-state index contributed by atoms with van der Waals surface area (Å²) in [4.78, 5) is 23.1. The van der Waals surface area contributed by atoms with Crippen LogP contribution in [0.3, 0.4) is 0 Å². The Hall–Kier alpha value is -4.10. The largest absolute Gasteiger partial charge is 0.490 e. The number of hydrogen-bond donors (Lipinski definition) is 2. The Morgan fingerprint density at radius 1 is 0.853 bits per heavy atom. The van der Waals surface area contributed by atoms with Crippen LogP contribution < -0.4 is 14.9 Å². The summed E-state index contributed by atoms with van der Waals surface area (Å²) in [5.41, 5.74) is 2.14. The summed E-state index contributed by atoms with van der Waals surface area (Å²) in [6.07, 6.45) is 0.593. The molecule has 0 fully saturated rings. The second-order valence-electron chi connectivity index (χ2n) is 7.23. The van der Waals surface area contributed by atoms with Crippen LogP contribution in [0.1, 0.15) is 12.0 Å². The van der Waals surface area contributed by atoms with Gasteiger partial charge in [-0.15, -0.1) is 0 Å². The van der Waals surface area contributed by atoms with E-state index in [1.807, 2.05) is 54.6 Å². The van der Waals surface area contributed by atoms with Gasteiger partial charge in [-0.1, -0.05) is 42.5 Å². The van der Waals surface area contributed by atoms with E-state index < -0.39 is 5.97 Å². The van der Waals surface area contributed by atoms with Crippen LogP contribution in [0.5, 0.6) is 11.5 Å². The predicted octanol–water partition coefficient (Wildman–Crippen LogP) is 4.54. The number of carbonyl (C=O) groups is 1. The Morgan fingerprint density at radius 2 is 1.50 bits per heavy atom. The highest BCUT2D eigenvalue weighted by Crippen LogP contribution is 2.25. The molecule has 7 heteroatoms. The average molecular weight is 462 g/mol. The van der Waals surface area contributed by atoms with Crippen molar-refractivity contribution >= 4 is 16.9 Å². The minimum atomic E-state index is -0.813. The molecule has 0 radical (unpaired) electrons. The van der Waals surface area contributed by atoms with Crippen LogP contribution in [0.2, 0.25) is 0 Å². The van der Waals surface area contributed by atoms with Gasteiger partial charge >= 0.3 is 5.97 Å². The molecular weight excluding hydrogens is 436 g/mol. The number of aliphatic hydroxyl groups excluding tert-OH is 1. The molecule has 0 spiro atoms. The maximum atomic E-state index is 12.4. The number of aryl methyl sites for hydroxylation is 1. The molecule has 176 valence electrons. The van der Waals surface area contributed by atoms with Gasteiger partial charge < -0.3 is 24.1 Å². The lowest BCUT2D eigenvalue weighted by Gasteiger charge is -2.10. The van der Waals surface area contributed by atoms with Crippen molar-refractivity contribution in [2.75, 3.05) is 20.3 Å². The average Bonchev–Trinajstić information content (AvgIpc) is 2.87. The number of carboxylic acid groups (broad SMARTS) is 1. The van der Waals surface area contributed by atoms with Crippen molar-refractivity contribution < 1.29 is 28.9 Å². The van der Waals surface area contributed by atoms with Gasteiger partial charge in [-0.2, -0.15) is 0 Å². The van der Waals surface area contributed by atoms with E-state index in [0.29, 0.717) is 47.9 Å². The van der Waals surface area contributed by atoms with Gasteiger partial charge in [0.05, 0.1) is 5.39 Å². The molecule has 7 nitrogen and oxygen atoms in total. The summed E-state index contributed by atoms with van der Waals surface area (Å²) in [5, 5.41) is 16.2. The standard InChI is InChI=1S/C26H22O6.CH4O/c27-23-17-24(19-4-2-1-3-5-19)32-25-16-21(11-12-22(23)25)31-15-14-30-20-9-6-18(7-10-20)8-13-26(28)29;1-2/h1-7,9-12,16-17H,8,13-15H2,(H,28,29);2H,1H3. The van der Waals surface area contributed by atoms with Crippen molar-refractivity contribution in [2.24, 2.45) is 0 Å². The molecule has 0 amide bonds. The second kappa shape index (κ2) is 12.2. The van der Waals surface area contributed by atoms with Gasteiger partial charge in [0.2, 0.25) is 0 Å². The van der Waals surface area contributed by atoms with E-state index in [4.69, 9.17) is 24.1 Å². The van der Waals surface area contributed by atoms with Crippen molar-refractivity contribution in [2.45, 2.75) is 12.8 Å². The molecule has 0 saturated carbocycles. The molecule has 1 aromatic heterocycles. The number of aliphatic hydroxyl groups is 1. The van der Waals surface area contributed by atoms with Gasteiger partial charge in [-0.3, -0.25) is 9.59 Å². The summed E-state index contributed by atoms with van der Waals surface area (Å²) < 4.78 is 17.4. The number of carboxylic acids is 1. The van der Waals surface area contributed by atoms with Gasteiger partial charge in [0.15, 0.2) is 5.43 Å². The molecule has 34 heavy (non-hydrogen) atoms. The second-order valence-corrected chi connectivity index (χ2v) is 7.23. The van der Waals surface area contributed by atoms with Crippen molar-refractivity contribution in [3.63, 3.8) is 0 Å². The minimum Gasteiger partial charge on any atom is -0.490 e. The lowest BCUT2D eigenvalue weighted by Crippen LogP contribution is -2.09. The zero-order chi connectivity index (χ0) is 24.3. The monoisotopic (exact) mass is 462 g/mol. The van der Waals surface area contributed by atoms with Crippen molar-refractivity contribution in [1.29, 1.82) is 0 Å². The predicted molar refractivity (Wildman–Crippen MR) is 129 cm³/mol. The lowest BCUT2D eigenvalue weighted by molar-refractivity contribution is -0.136. The Bertz CT molecular complexity index is 1260. The van der Waals surface area contributed by atoms with Crippen molar-refractivity contribution in [1.82, 2.24) is 0 Å². The van der Waals surface area contributed by atoms with Gasteiger partial charge in [-0.25, -0.2) is 0 Å². The highest BCUT2D eigenvalue weighted by molar-refractivity contribution is 5.80. The molecule has 0 bridgehead atoms. The third kappa shape index (κ3) is 6.70. The maximum absolute atomic E-state index is 12.4. The van der Waals surface area contributed by atoms with E-state index in [9.17, 15) is 9.59 Å². The number of rotatable bonds is 9. The molecule has 1 heterocycles. The van der Waals surface area contributed by atoms with E-state index >= 15 is 0 Å². The zero-order valence-corrected chi connectivity index (χ0v) is 18.8. The molecular formula is C27H26O7. The van der Waals surface area contributed by atoms with Crippen LogP contribution in [0.4, 0.5) is 0 Å². The molecule has 4 aromatic rings. The third-order valence-electron chi connectivity index (χ3n) is 4.93. The fraction of sp³-hybridized carbons (Fsp3) is 0.185. The number of fused-ring (bicyclic) bond motifs is 1. The number of ether oxygens (including phenoxy) is 2. The smallest absolute Gasteiger partial charge is 0.303 e. The first kappa shape index (κ1) is 24.5. The van der Waals surface area contributed by atoms with Gasteiger partial charge in [-0.05, 0) is 36.2 Å². The highest BCUT2D eigenvalue weighted by atomic mass is 16.5.